The Balaban J connectivity index is 2.31. The number of carbonyl (C=O) groups excluding carboxylic acids is 1. The fourth-order valence-electron chi connectivity index (χ4n) is 2.20. The molecule has 0 heterocycles. The molecule has 0 spiro atoms. The summed E-state index contributed by atoms with van der Waals surface area (Å²) in [5.41, 5.74) is -1.20. The molecule has 6 nitrogen and oxygen atoms in total. The number of hydrogen-bond acceptors (Lipinski definition) is 5. The molecule has 1 saturated carbocycles. The SMILES string of the molecule is COC(=O)CC1(Oc2cc(F)c(Br)cc2[N+](=O)[O-])CCC1. The van der Waals surface area contributed by atoms with Crippen molar-refractivity contribution in [3.63, 3.8) is 0 Å². The number of rotatable bonds is 5. The van der Waals surface area contributed by atoms with Gasteiger partial charge in [0.15, 0.2) is 0 Å². The van der Waals surface area contributed by atoms with Gasteiger partial charge in [-0.1, -0.05) is 0 Å². The summed E-state index contributed by atoms with van der Waals surface area (Å²) >= 11 is 2.90. The van der Waals surface area contributed by atoms with E-state index in [0.29, 0.717) is 12.8 Å². The normalized spacial score (nSPS) is 16.0. The van der Waals surface area contributed by atoms with Crippen molar-refractivity contribution in [2.75, 3.05) is 7.11 Å². The van der Waals surface area contributed by atoms with Gasteiger partial charge in [-0.2, -0.15) is 0 Å². The van der Waals surface area contributed by atoms with Crippen LogP contribution in [-0.2, 0) is 9.53 Å². The molecule has 114 valence electrons. The van der Waals surface area contributed by atoms with Crippen LogP contribution in [0.15, 0.2) is 16.6 Å². The Bertz CT molecular complexity index is 588. The van der Waals surface area contributed by atoms with Gasteiger partial charge in [0.2, 0.25) is 5.75 Å². The van der Waals surface area contributed by atoms with Gasteiger partial charge < -0.3 is 9.47 Å². The molecule has 1 fully saturated rings. The van der Waals surface area contributed by atoms with Crippen LogP contribution in [-0.4, -0.2) is 23.6 Å². The predicted molar refractivity (Wildman–Crippen MR) is 74.6 cm³/mol. The second-order valence-corrected chi connectivity index (χ2v) is 5.74. The third-order valence-electron chi connectivity index (χ3n) is 3.48. The van der Waals surface area contributed by atoms with Crippen molar-refractivity contribution in [3.8, 4) is 5.75 Å². The van der Waals surface area contributed by atoms with Crippen molar-refractivity contribution >= 4 is 27.6 Å². The first-order chi connectivity index (χ1) is 9.87. The largest absolute Gasteiger partial charge is 0.480 e. The zero-order chi connectivity index (χ0) is 15.6. The highest BCUT2D eigenvalue weighted by Gasteiger charge is 2.43. The molecule has 0 atom stereocenters. The number of halogens is 2. The predicted octanol–water partition coefficient (Wildman–Crippen LogP) is 3.36. The molecule has 0 radical (unpaired) electrons. The van der Waals surface area contributed by atoms with Crippen molar-refractivity contribution in [3.05, 3.63) is 32.5 Å². The maximum Gasteiger partial charge on any atom is 0.312 e. The third kappa shape index (κ3) is 3.31. The molecule has 21 heavy (non-hydrogen) atoms. The smallest absolute Gasteiger partial charge is 0.312 e. The zero-order valence-electron chi connectivity index (χ0n) is 11.2. The Hall–Kier alpha value is -1.70. The summed E-state index contributed by atoms with van der Waals surface area (Å²) in [6.45, 7) is 0. The van der Waals surface area contributed by atoms with Crippen LogP contribution >= 0.6 is 15.9 Å². The number of benzene rings is 1. The molecule has 0 unspecified atom stereocenters. The van der Waals surface area contributed by atoms with Gasteiger partial charge in [0.25, 0.3) is 0 Å². The van der Waals surface area contributed by atoms with E-state index in [-0.39, 0.29) is 22.3 Å². The summed E-state index contributed by atoms with van der Waals surface area (Å²) in [4.78, 5) is 21.8. The van der Waals surface area contributed by atoms with Crippen LogP contribution in [0.25, 0.3) is 0 Å². The molecule has 0 bridgehead atoms. The van der Waals surface area contributed by atoms with Crippen LogP contribution in [0.4, 0.5) is 10.1 Å². The first-order valence-corrected chi connectivity index (χ1v) is 7.05. The molecule has 0 N–H and O–H groups in total. The molecule has 0 aromatic heterocycles. The lowest BCUT2D eigenvalue weighted by molar-refractivity contribution is -0.386. The van der Waals surface area contributed by atoms with E-state index in [2.05, 4.69) is 20.7 Å². The van der Waals surface area contributed by atoms with Crippen LogP contribution in [0.2, 0.25) is 0 Å². The average molecular weight is 362 g/mol. The van der Waals surface area contributed by atoms with E-state index < -0.39 is 22.3 Å². The Morgan fingerprint density at radius 3 is 2.67 bits per heavy atom. The number of nitrogens with zero attached hydrogens (tertiary/aromatic N) is 1. The van der Waals surface area contributed by atoms with Crippen LogP contribution in [0.5, 0.6) is 5.75 Å². The van der Waals surface area contributed by atoms with Gasteiger partial charge in [-0.3, -0.25) is 14.9 Å². The zero-order valence-corrected chi connectivity index (χ0v) is 12.8. The van der Waals surface area contributed by atoms with Crippen molar-refractivity contribution in [1.29, 1.82) is 0 Å². The number of esters is 1. The lowest BCUT2D eigenvalue weighted by Crippen LogP contribution is -2.45. The van der Waals surface area contributed by atoms with Gasteiger partial charge in [-0.05, 0) is 35.2 Å². The van der Waals surface area contributed by atoms with Gasteiger partial charge >= 0.3 is 11.7 Å². The van der Waals surface area contributed by atoms with E-state index in [1.54, 1.807) is 0 Å². The standard InChI is InChI=1S/C13H13BrFNO5/c1-20-12(17)7-13(3-2-4-13)21-11-6-9(15)8(14)5-10(11)16(18)19/h5-6H,2-4,7H2,1H3. The Labute approximate surface area is 128 Å². The van der Waals surface area contributed by atoms with Crippen molar-refractivity contribution in [2.24, 2.45) is 0 Å². The number of nitro benzene ring substituents is 1. The highest BCUT2D eigenvalue weighted by Crippen LogP contribution is 2.43. The second-order valence-electron chi connectivity index (χ2n) is 4.88. The monoisotopic (exact) mass is 361 g/mol. The first kappa shape index (κ1) is 15.7. The molecule has 0 amide bonds. The molecular formula is C13H13BrFNO5. The van der Waals surface area contributed by atoms with Gasteiger partial charge in [0, 0.05) is 12.1 Å². The minimum atomic E-state index is -0.849. The second kappa shape index (κ2) is 5.97. The molecule has 1 aliphatic rings. The molecule has 0 aliphatic heterocycles. The summed E-state index contributed by atoms with van der Waals surface area (Å²) in [6.07, 6.45) is 1.95. The maximum absolute atomic E-state index is 13.6. The summed E-state index contributed by atoms with van der Waals surface area (Å²) in [5, 5.41) is 11.0. The molecule has 1 aliphatic carbocycles. The number of methoxy groups -OCH3 is 1. The quantitative estimate of drug-likeness (QED) is 0.456. The number of ether oxygens (including phenoxy) is 2. The van der Waals surface area contributed by atoms with Crippen LogP contribution in [0, 0.1) is 15.9 Å². The Kier molecular flexibility index (Phi) is 4.46. The van der Waals surface area contributed by atoms with Crippen LogP contribution in [0.1, 0.15) is 25.7 Å². The van der Waals surface area contributed by atoms with Gasteiger partial charge in [-0.25, -0.2) is 4.39 Å². The van der Waals surface area contributed by atoms with Crippen LogP contribution < -0.4 is 4.74 Å². The summed E-state index contributed by atoms with van der Waals surface area (Å²) in [6, 6.07) is 2.01. The highest BCUT2D eigenvalue weighted by atomic mass is 79.9. The van der Waals surface area contributed by atoms with Gasteiger partial charge in [0.1, 0.15) is 11.4 Å². The summed E-state index contributed by atoms with van der Waals surface area (Å²) in [7, 11) is 1.26. The van der Waals surface area contributed by atoms with E-state index in [4.69, 9.17) is 4.74 Å². The molecule has 8 heteroatoms. The molecule has 1 aromatic carbocycles. The first-order valence-electron chi connectivity index (χ1n) is 6.26. The van der Waals surface area contributed by atoms with E-state index >= 15 is 0 Å². The number of carbonyl (C=O) groups is 1. The minimum Gasteiger partial charge on any atom is -0.480 e. The molecule has 2 rings (SSSR count). The van der Waals surface area contributed by atoms with Gasteiger partial charge in [0.05, 0.1) is 22.9 Å². The molecular weight excluding hydrogens is 349 g/mol. The Morgan fingerprint density at radius 2 is 2.19 bits per heavy atom. The van der Waals surface area contributed by atoms with Crippen molar-refractivity contribution in [1.82, 2.24) is 0 Å². The maximum atomic E-state index is 13.6. The fourth-order valence-corrected chi connectivity index (χ4v) is 2.53. The van der Waals surface area contributed by atoms with E-state index in [9.17, 15) is 19.3 Å². The summed E-state index contributed by atoms with van der Waals surface area (Å²) in [5.74, 6) is -1.30. The topological polar surface area (TPSA) is 78.7 Å². The fraction of sp³-hybridized carbons (Fsp3) is 0.462. The lowest BCUT2D eigenvalue weighted by Gasteiger charge is -2.40. The van der Waals surface area contributed by atoms with Crippen molar-refractivity contribution < 1.29 is 23.6 Å². The van der Waals surface area contributed by atoms with Gasteiger partial charge in [-0.15, -0.1) is 0 Å². The summed E-state index contributed by atoms with van der Waals surface area (Å²) < 4.78 is 23.8. The van der Waals surface area contributed by atoms with E-state index in [1.807, 2.05) is 0 Å². The Morgan fingerprint density at radius 1 is 1.52 bits per heavy atom. The molecule has 0 saturated heterocycles. The third-order valence-corrected chi connectivity index (χ3v) is 4.09. The number of hydrogen-bond donors (Lipinski definition) is 0. The van der Waals surface area contributed by atoms with E-state index in [0.717, 1.165) is 18.6 Å². The van der Waals surface area contributed by atoms with Crippen LogP contribution in [0.3, 0.4) is 0 Å². The minimum absolute atomic E-state index is 0.0155. The lowest BCUT2D eigenvalue weighted by atomic mass is 9.77. The molecule has 1 aromatic rings. The highest BCUT2D eigenvalue weighted by molar-refractivity contribution is 9.10. The number of nitro groups is 1. The average Bonchev–Trinajstić information content (AvgIpc) is 2.39. The van der Waals surface area contributed by atoms with E-state index in [1.165, 1.54) is 7.11 Å². The van der Waals surface area contributed by atoms with Crippen molar-refractivity contribution in [2.45, 2.75) is 31.3 Å².